The molecule has 3 N–H and O–H groups in total. The van der Waals surface area contributed by atoms with E-state index in [0.717, 1.165) is 109 Å². The molecule has 316 valence electrons. The predicted octanol–water partition coefficient (Wildman–Crippen LogP) is 6.56. The zero-order valence-corrected chi connectivity index (χ0v) is 35.4. The number of likely N-dealkylation sites (N-methyl/N-ethyl adjacent to an activating group) is 1. The monoisotopic (exact) mass is 821 g/mol. The number of imidazole rings is 2. The molecule has 0 spiro atoms. The molecule has 4 unspecified atom stereocenters. The first-order chi connectivity index (χ1) is 29.7. The third-order valence-corrected chi connectivity index (χ3v) is 12.3. The molecule has 0 saturated carbocycles. The van der Waals surface area contributed by atoms with Gasteiger partial charge in [0.15, 0.2) is 0 Å². The molecule has 13 heteroatoms. The van der Waals surface area contributed by atoms with Crippen LogP contribution in [-0.4, -0.2) is 117 Å². The zero-order chi connectivity index (χ0) is 42.5. The number of nitrogens with zero attached hydrogens (tertiary/aromatic N) is 6. The standard InChI is InChI=1S/C48H55N9O4/c1-32(2)42(53-48(60)61-4)46(58)56-24-8-12-40(56)44-49-30-38(51-44)35-20-16-33(17-21-35)14-15-34-18-22-36(23-19-34)39-31-50-45(52-39)41-13-9-25-57(41)47(59)43(37-10-6-5-7-11-37)55-28-26-54(3)27-29-55/h5-7,10-11,16-23,30-32,40-43H,8-9,12-13,24-29H2,1-4H3,(H,49,51)(H,50,52)(H,53,60). The number of carbonyl (C=O) groups is 3. The molecule has 8 rings (SSSR count). The summed E-state index contributed by atoms with van der Waals surface area (Å²) in [5, 5.41) is 2.70. The average molecular weight is 822 g/mol. The highest BCUT2D eigenvalue weighted by atomic mass is 16.5. The number of piperazine rings is 1. The number of rotatable bonds is 10. The molecular formula is C48H55N9O4. The van der Waals surface area contributed by atoms with Crippen molar-refractivity contribution in [3.63, 3.8) is 0 Å². The summed E-state index contributed by atoms with van der Waals surface area (Å²) in [5.41, 5.74) is 6.56. The molecule has 13 nitrogen and oxygen atoms in total. The Labute approximate surface area is 357 Å². The lowest BCUT2D eigenvalue weighted by molar-refractivity contribution is -0.139. The third-order valence-electron chi connectivity index (χ3n) is 12.3. The summed E-state index contributed by atoms with van der Waals surface area (Å²) in [4.78, 5) is 64.9. The number of aromatic nitrogens is 4. The normalized spacial score (nSPS) is 19.4. The van der Waals surface area contributed by atoms with Gasteiger partial charge in [0.1, 0.15) is 23.7 Å². The van der Waals surface area contributed by atoms with E-state index in [2.05, 4.69) is 61.1 Å². The second kappa shape index (κ2) is 18.6. The number of benzene rings is 3. The van der Waals surface area contributed by atoms with E-state index in [4.69, 9.17) is 9.72 Å². The predicted molar refractivity (Wildman–Crippen MR) is 234 cm³/mol. The molecule has 3 aromatic carbocycles. The molecule has 0 aliphatic carbocycles. The quantitative estimate of drug-likeness (QED) is 0.135. The first kappa shape index (κ1) is 41.5. The van der Waals surface area contributed by atoms with Crippen LogP contribution in [-0.2, 0) is 14.3 Å². The molecule has 4 atom stereocenters. The fourth-order valence-corrected chi connectivity index (χ4v) is 8.81. The zero-order valence-electron chi connectivity index (χ0n) is 35.4. The number of hydrogen-bond acceptors (Lipinski definition) is 8. The van der Waals surface area contributed by atoms with Crippen molar-refractivity contribution in [2.75, 3.05) is 53.4 Å². The van der Waals surface area contributed by atoms with Crippen molar-refractivity contribution in [2.45, 2.75) is 63.7 Å². The summed E-state index contributed by atoms with van der Waals surface area (Å²) in [7, 11) is 3.43. The fourth-order valence-electron chi connectivity index (χ4n) is 8.81. The number of aromatic amines is 2. The highest BCUT2D eigenvalue weighted by molar-refractivity contribution is 5.86. The first-order valence-corrected chi connectivity index (χ1v) is 21.4. The van der Waals surface area contributed by atoms with Gasteiger partial charge in [-0.3, -0.25) is 14.5 Å². The van der Waals surface area contributed by atoms with Crippen LogP contribution in [0.1, 0.15) is 86.0 Å². The Morgan fingerprint density at radius 3 is 1.70 bits per heavy atom. The van der Waals surface area contributed by atoms with Crippen molar-refractivity contribution in [1.82, 2.24) is 44.9 Å². The van der Waals surface area contributed by atoms with Crippen LogP contribution in [0.2, 0.25) is 0 Å². The minimum absolute atomic E-state index is 0.0963. The highest BCUT2D eigenvalue weighted by Crippen LogP contribution is 2.36. The molecule has 0 radical (unpaired) electrons. The largest absolute Gasteiger partial charge is 0.453 e. The van der Waals surface area contributed by atoms with E-state index in [1.54, 1.807) is 6.20 Å². The molecule has 0 bridgehead atoms. The van der Waals surface area contributed by atoms with Gasteiger partial charge in [-0.1, -0.05) is 80.3 Å². The molecule has 5 heterocycles. The van der Waals surface area contributed by atoms with Crippen LogP contribution in [0.4, 0.5) is 4.79 Å². The van der Waals surface area contributed by atoms with E-state index < -0.39 is 12.1 Å². The third kappa shape index (κ3) is 9.26. The number of nitrogens with one attached hydrogen (secondary N) is 3. The molecular weight excluding hydrogens is 767 g/mol. The van der Waals surface area contributed by atoms with Gasteiger partial charge >= 0.3 is 6.09 Å². The van der Waals surface area contributed by atoms with Crippen LogP contribution in [0, 0.1) is 17.8 Å². The van der Waals surface area contributed by atoms with Crippen molar-refractivity contribution in [3.05, 3.63) is 120 Å². The van der Waals surface area contributed by atoms with Crippen molar-refractivity contribution in [1.29, 1.82) is 0 Å². The second-order valence-electron chi connectivity index (χ2n) is 16.7. The Bertz CT molecular complexity index is 2350. The van der Waals surface area contributed by atoms with Gasteiger partial charge < -0.3 is 34.7 Å². The van der Waals surface area contributed by atoms with E-state index in [1.165, 1.54) is 7.11 Å². The summed E-state index contributed by atoms with van der Waals surface area (Å²) >= 11 is 0. The van der Waals surface area contributed by atoms with Gasteiger partial charge in [-0.05, 0) is 79.6 Å². The van der Waals surface area contributed by atoms with Gasteiger partial charge in [-0.2, -0.15) is 0 Å². The summed E-state index contributed by atoms with van der Waals surface area (Å²) in [6.45, 7) is 8.74. The van der Waals surface area contributed by atoms with Crippen LogP contribution >= 0.6 is 0 Å². The fraction of sp³-hybridized carbons (Fsp3) is 0.396. The number of alkyl carbamates (subject to hydrolysis) is 1. The Morgan fingerprint density at radius 1 is 0.705 bits per heavy atom. The molecule has 61 heavy (non-hydrogen) atoms. The molecule has 3 aliphatic rings. The van der Waals surface area contributed by atoms with Gasteiger partial charge in [0.05, 0.1) is 43.0 Å². The number of likely N-dealkylation sites (tertiary alicyclic amines) is 2. The number of H-pyrrole nitrogens is 2. The molecule has 5 aromatic rings. The summed E-state index contributed by atoms with van der Waals surface area (Å²) < 4.78 is 4.76. The average Bonchev–Trinajstić information content (AvgIpc) is 4.13. The maximum absolute atomic E-state index is 14.4. The summed E-state index contributed by atoms with van der Waals surface area (Å²) in [5.74, 6) is 8.04. The van der Waals surface area contributed by atoms with Crippen LogP contribution in [0.25, 0.3) is 22.5 Å². The Kier molecular flexibility index (Phi) is 12.6. The number of methoxy groups -OCH3 is 1. The topological polar surface area (TPSA) is 143 Å². The van der Waals surface area contributed by atoms with E-state index in [-0.39, 0.29) is 35.9 Å². The van der Waals surface area contributed by atoms with Crippen LogP contribution < -0.4 is 5.32 Å². The minimum Gasteiger partial charge on any atom is -0.453 e. The molecule has 3 amide bonds. The van der Waals surface area contributed by atoms with E-state index in [0.29, 0.717) is 6.54 Å². The Hall–Kier alpha value is -6.23. The van der Waals surface area contributed by atoms with Gasteiger partial charge in [-0.25, -0.2) is 14.8 Å². The maximum Gasteiger partial charge on any atom is 0.407 e. The molecule has 2 aromatic heterocycles. The molecule has 3 aliphatic heterocycles. The lowest BCUT2D eigenvalue weighted by atomic mass is 10.0. The number of carbonyl (C=O) groups excluding carboxylic acids is 3. The van der Waals surface area contributed by atoms with Gasteiger partial charge in [0, 0.05) is 50.4 Å². The molecule has 3 saturated heterocycles. The van der Waals surface area contributed by atoms with Gasteiger partial charge in [-0.15, -0.1) is 0 Å². The lowest BCUT2D eigenvalue weighted by Crippen LogP contribution is -2.51. The second-order valence-corrected chi connectivity index (χ2v) is 16.7. The van der Waals surface area contributed by atoms with Gasteiger partial charge in [0.25, 0.3) is 0 Å². The lowest BCUT2D eigenvalue weighted by Gasteiger charge is -2.39. The SMILES string of the molecule is COC(=O)NC(C(=O)N1CCCC1c1ncc(-c2ccc(C#Cc3ccc(-c4cnc(C5CCCN5C(=O)C(c5ccccc5)N5CCN(C)CC5)[nH]4)cc3)cc2)[nH]1)C(C)C. The van der Waals surface area contributed by atoms with Crippen molar-refractivity contribution in [2.24, 2.45) is 5.92 Å². The van der Waals surface area contributed by atoms with E-state index in [1.807, 2.05) is 96.6 Å². The first-order valence-electron chi connectivity index (χ1n) is 21.4. The number of amides is 3. The van der Waals surface area contributed by atoms with E-state index in [9.17, 15) is 14.4 Å². The maximum atomic E-state index is 14.4. The number of ether oxygens (including phenoxy) is 1. The van der Waals surface area contributed by atoms with Gasteiger partial charge in [0.2, 0.25) is 11.8 Å². The Morgan fingerprint density at radius 2 is 1.21 bits per heavy atom. The summed E-state index contributed by atoms with van der Waals surface area (Å²) in [6, 6.07) is 25.1. The van der Waals surface area contributed by atoms with Crippen molar-refractivity contribution >= 4 is 17.9 Å². The van der Waals surface area contributed by atoms with Crippen molar-refractivity contribution < 1.29 is 19.1 Å². The van der Waals surface area contributed by atoms with E-state index >= 15 is 0 Å². The van der Waals surface area contributed by atoms with Crippen LogP contribution in [0.3, 0.4) is 0 Å². The molecule has 3 fully saturated rings. The number of hydrogen-bond donors (Lipinski definition) is 3. The minimum atomic E-state index is -0.683. The van der Waals surface area contributed by atoms with Crippen LogP contribution in [0.5, 0.6) is 0 Å². The smallest absolute Gasteiger partial charge is 0.407 e. The van der Waals surface area contributed by atoms with Crippen LogP contribution in [0.15, 0.2) is 91.3 Å². The van der Waals surface area contributed by atoms with Crippen molar-refractivity contribution in [3.8, 4) is 34.4 Å². The Balaban J connectivity index is 0.898. The summed E-state index contributed by atoms with van der Waals surface area (Å²) in [6.07, 6.45) is 6.51. The highest BCUT2D eigenvalue weighted by Gasteiger charge is 2.40.